The highest BCUT2D eigenvalue weighted by Crippen LogP contribution is 2.33. The van der Waals surface area contributed by atoms with Crippen LogP contribution in [0, 0.1) is 11.2 Å². The van der Waals surface area contributed by atoms with E-state index in [9.17, 15) is 14.0 Å². The van der Waals surface area contributed by atoms with Crippen LogP contribution in [-0.4, -0.2) is 31.2 Å². The predicted molar refractivity (Wildman–Crippen MR) is 78.8 cm³/mol. The first-order valence-electron chi connectivity index (χ1n) is 6.61. The lowest BCUT2D eigenvalue weighted by molar-refractivity contribution is -0.139. The van der Waals surface area contributed by atoms with E-state index in [-0.39, 0.29) is 30.0 Å². The van der Waals surface area contributed by atoms with Crippen molar-refractivity contribution in [3.05, 3.63) is 17.9 Å². The molecule has 0 aliphatic rings. The van der Waals surface area contributed by atoms with Crippen LogP contribution in [0.1, 0.15) is 26.7 Å². The lowest BCUT2D eigenvalue weighted by Gasteiger charge is -2.21. The number of carboxylic acids is 1. The average molecular weight is 313 g/mol. The van der Waals surface area contributed by atoms with Crippen molar-refractivity contribution >= 4 is 17.6 Å². The van der Waals surface area contributed by atoms with E-state index in [4.69, 9.17) is 14.6 Å². The summed E-state index contributed by atoms with van der Waals surface area (Å²) in [6.45, 7) is 3.32. The van der Waals surface area contributed by atoms with E-state index >= 15 is 0 Å². The number of aliphatic carboxylic acids is 1. The van der Waals surface area contributed by atoms with Crippen LogP contribution in [0.4, 0.5) is 10.1 Å². The number of carboxylic acid groups (broad SMARTS) is 1. The number of hydrogen-bond donors (Lipinski definition) is 2. The molecule has 122 valence electrons. The highest BCUT2D eigenvalue weighted by atomic mass is 19.1. The van der Waals surface area contributed by atoms with Crippen molar-refractivity contribution in [2.75, 3.05) is 19.5 Å². The maximum atomic E-state index is 13.9. The molecule has 0 aliphatic carbocycles. The molecule has 0 unspecified atom stereocenters. The van der Waals surface area contributed by atoms with Gasteiger partial charge in [-0.1, -0.05) is 13.8 Å². The molecule has 0 aliphatic heterocycles. The summed E-state index contributed by atoms with van der Waals surface area (Å²) in [6, 6.07) is 2.42. The zero-order valence-electron chi connectivity index (χ0n) is 13.0. The number of carbonyl (C=O) groups is 2. The summed E-state index contributed by atoms with van der Waals surface area (Å²) in [6.07, 6.45) is -0.206. The molecule has 0 saturated heterocycles. The van der Waals surface area contributed by atoms with E-state index in [1.807, 2.05) is 0 Å². The molecule has 1 rings (SSSR count). The minimum absolute atomic E-state index is 0.0474. The third kappa shape index (κ3) is 4.91. The Morgan fingerprint density at radius 3 is 2.23 bits per heavy atom. The van der Waals surface area contributed by atoms with Crippen LogP contribution in [0.3, 0.4) is 0 Å². The molecule has 1 aromatic carbocycles. The summed E-state index contributed by atoms with van der Waals surface area (Å²) < 4.78 is 23.9. The lowest BCUT2D eigenvalue weighted by Crippen LogP contribution is -2.25. The van der Waals surface area contributed by atoms with Crippen LogP contribution in [0.5, 0.6) is 11.5 Å². The monoisotopic (exact) mass is 313 g/mol. The topological polar surface area (TPSA) is 84.9 Å². The molecule has 0 radical (unpaired) electrons. The maximum absolute atomic E-state index is 13.9. The van der Waals surface area contributed by atoms with E-state index in [1.165, 1.54) is 20.3 Å². The Labute approximate surface area is 128 Å². The van der Waals surface area contributed by atoms with Crippen LogP contribution in [0.25, 0.3) is 0 Å². The predicted octanol–water partition coefficient (Wildman–Crippen LogP) is 2.67. The molecule has 2 N–H and O–H groups in total. The largest absolute Gasteiger partial charge is 0.493 e. The summed E-state index contributed by atoms with van der Waals surface area (Å²) >= 11 is 0. The van der Waals surface area contributed by atoms with Crippen molar-refractivity contribution in [2.24, 2.45) is 5.41 Å². The molecule has 22 heavy (non-hydrogen) atoms. The van der Waals surface area contributed by atoms with Crippen molar-refractivity contribution in [2.45, 2.75) is 26.7 Å². The first kappa shape index (κ1) is 17.7. The van der Waals surface area contributed by atoms with E-state index < -0.39 is 23.1 Å². The molecule has 0 bridgehead atoms. The summed E-state index contributed by atoms with van der Waals surface area (Å²) in [5.74, 6) is -1.64. The number of nitrogens with one attached hydrogen (secondary N) is 1. The van der Waals surface area contributed by atoms with Gasteiger partial charge in [0.1, 0.15) is 0 Å². The number of amides is 1. The highest BCUT2D eigenvalue weighted by Gasteiger charge is 2.26. The fraction of sp³-hybridized carbons (Fsp3) is 0.467. The molecule has 6 nitrogen and oxygen atoms in total. The Balaban J connectivity index is 2.86. The van der Waals surface area contributed by atoms with Crippen LogP contribution < -0.4 is 14.8 Å². The summed E-state index contributed by atoms with van der Waals surface area (Å²) in [7, 11) is 2.78. The quantitative estimate of drug-likeness (QED) is 0.808. The zero-order chi connectivity index (χ0) is 16.9. The Bertz CT molecular complexity index is 571. The fourth-order valence-corrected chi connectivity index (χ4v) is 2.05. The molecule has 0 spiro atoms. The van der Waals surface area contributed by atoms with Gasteiger partial charge in [0, 0.05) is 18.6 Å². The van der Waals surface area contributed by atoms with Gasteiger partial charge in [-0.2, -0.15) is 0 Å². The third-order valence-electron chi connectivity index (χ3n) is 3.02. The van der Waals surface area contributed by atoms with Crippen LogP contribution >= 0.6 is 0 Å². The normalized spacial score (nSPS) is 11.0. The molecular weight excluding hydrogens is 293 g/mol. The van der Waals surface area contributed by atoms with Gasteiger partial charge in [0.15, 0.2) is 17.3 Å². The highest BCUT2D eigenvalue weighted by molar-refractivity contribution is 5.92. The second-order valence-corrected chi connectivity index (χ2v) is 5.65. The van der Waals surface area contributed by atoms with E-state index in [0.717, 1.165) is 6.07 Å². The second kappa shape index (κ2) is 7.11. The number of methoxy groups -OCH3 is 2. The Kier molecular flexibility index (Phi) is 5.73. The van der Waals surface area contributed by atoms with Gasteiger partial charge >= 0.3 is 5.97 Å². The SMILES string of the molecule is COc1cc(F)c(NC(=O)CC(C)(C)CC(=O)O)cc1OC. The number of hydrogen-bond acceptors (Lipinski definition) is 4. The minimum Gasteiger partial charge on any atom is -0.493 e. The van der Waals surface area contributed by atoms with Gasteiger partial charge < -0.3 is 19.9 Å². The summed E-state index contributed by atoms with van der Waals surface area (Å²) in [5, 5.41) is 11.2. The second-order valence-electron chi connectivity index (χ2n) is 5.65. The number of carbonyl (C=O) groups excluding carboxylic acids is 1. The number of anilines is 1. The van der Waals surface area contributed by atoms with E-state index in [0.29, 0.717) is 0 Å². The van der Waals surface area contributed by atoms with Gasteiger partial charge in [-0.3, -0.25) is 9.59 Å². The van der Waals surface area contributed by atoms with Crippen LogP contribution in [0.2, 0.25) is 0 Å². The number of halogens is 1. The molecule has 0 saturated carbocycles. The van der Waals surface area contributed by atoms with Gasteiger partial charge in [-0.15, -0.1) is 0 Å². The first-order valence-corrected chi connectivity index (χ1v) is 6.61. The summed E-state index contributed by atoms with van der Waals surface area (Å²) in [4.78, 5) is 22.7. The molecule has 0 heterocycles. The van der Waals surface area contributed by atoms with Gasteiger partial charge in [0.25, 0.3) is 0 Å². The third-order valence-corrected chi connectivity index (χ3v) is 3.02. The van der Waals surface area contributed by atoms with Gasteiger partial charge in [0.2, 0.25) is 5.91 Å². The van der Waals surface area contributed by atoms with Crippen molar-refractivity contribution < 1.29 is 28.6 Å². The Morgan fingerprint density at radius 2 is 1.73 bits per heavy atom. The number of rotatable bonds is 7. The Morgan fingerprint density at radius 1 is 1.18 bits per heavy atom. The van der Waals surface area contributed by atoms with E-state index in [1.54, 1.807) is 13.8 Å². The number of benzene rings is 1. The van der Waals surface area contributed by atoms with E-state index in [2.05, 4.69) is 5.32 Å². The summed E-state index contributed by atoms with van der Waals surface area (Å²) in [5.41, 5.74) is -0.781. The average Bonchev–Trinajstić information content (AvgIpc) is 2.38. The molecule has 1 aromatic rings. The van der Waals surface area contributed by atoms with Crippen molar-refractivity contribution in [3.8, 4) is 11.5 Å². The molecule has 0 aromatic heterocycles. The van der Waals surface area contributed by atoms with Gasteiger partial charge in [-0.05, 0) is 5.41 Å². The fourth-order valence-electron chi connectivity index (χ4n) is 2.05. The maximum Gasteiger partial charge on any atom is 0.303 e. The van der Waals surface area contributed by atoms with Crippen LogP contribution in [-0.2, 0) is 9.59 Å². The van der Waals surface area contributed by atoms with Crippen molar-refractivity contribution in [1.82, 2.24) is 0 Å². The van der Waals surface area contributed by atoms with Crippen molar-refractivity contribution in [3.63, 3.8) is 0 Å². The van der Waals surface area contributed by atoms with Crippen molar-refractivity contribution in [1.29, 1.82) is 0 Å². The number of ether oxygens (including phenoxy) is 2. The zero-order valence-corrected chi connectivity index (χ0v) is 13.0. The lowest BCUT2D eigenvalue weighted by atomic mass is 9.85. The van der Waals surface area contributed by atoms with Gasteiger partial charge in [0.05, 0.1) is 26.3 Å². The molecular formula is C15H20FNO5. The minimum atomic E-state index is -0.991. The standard InChI is InChI=1S/C15H20FNO5/c1-15(2,8-14(19)20)7-13(18)17-10-6-12(22-4)11(21-3)5-9(10)16/h5-6H,7-8H2,1-4H3,(H,17,18)(H,19,20). The molecule has 0 fully saturated rings. The molecule has 1 amide bonds. The van der Waals surface area contributed by atoms with Crippen LogP contribution in [0.15, 0.2) is 12.1 Å². The molecule has 0 atom stereocenters. The smallest absolute Gasteiger partial charge is 0.303 e. The Hall–Kier alpha value is -2.31. The molecule has 7 heteroatoms. The van der Waals surface area contributed by atoms with Gasteiger partial charge in [-0.25, -0.2) is 4.39 Å². The first-order chi connectivity index (χ1) is 10.2.